The Balaban J connectivity index is 0.000000154. The number of nitrogens with two attached hydrogens (primary N) is 2. The SMILES string of the molecule is Cc1c(-c2ccc(C(N)=O)c3[nH]c(C4=CCN(C)C4)cc23)cccc1-n1cnc2ccccc2c1=O.Cc1c(-c2ccc(C(N)=O)c3[nH]c(C4=CCNC4)cc23)cccc1-n1cnc2ccccc2c1=O. The first-order chi connectivity index (χ1) is 34.4. The summed E-state index contributed by atoms with van der Waals surface area (Å²) in [6.45, 7) is 7.30. The number of hydrogen-bond acceptors (Lipinski definition) is 8. The van der Waals surface area contributed by atoms with Crippen LogP contribution in [0.5, 0.6) is 0 Å². The first kappa shape index (κ1) is 44.5. The number of benzene rings is 6. The molecule has 0 aliphatic carbocycles. The van der Waals surface area contributed by atoms with Crippen molar-refractivity contribution in [2.75, 3.05) is 33.2 Å². The molecule has 6 heterocycles. The highest BCUT2D eigenvalue weighted by Crippen LogP contribution is 2.38. The number of aromatic nitrogens is 6. The lowest BCUT2D eigenvalue weighted by molar-refractivity contribution is 0.0993. The van der Waals surface area contributed by atoms with E-state index in [-0.39, 0.29) is 11.1 Å². The predicted molar refractivity (Wildman–Crippen MR) is 282 cm³/mol. The molecule has 14 nitrogen and oxygen atoms in total. The molecule has 7 N–H and O–H groups in total. The predicted octanol–water partition coefficient (Wildman–Crippen LogP) is 8.20. The van der Waals surface area contributed by atoms with Crippen LogP contribution in [-0.4, -0.2) is 79.0 Å². The summed E-state index contributed by atoms with van der Waals surface area (Å²) in [6, 6.07) is 38.0. The smallest absolute Gasteiger partial charge is 0.265 e. The quantitative estimate of drug-likeness (QED) is 0.100. The van der Waals surface area contributed by atoms with Gasteiger partial charge in [-0.2, -0.15) is 0 Å². The highest BCUT2D eigenvalue weighted by molar-refractivity contribution is 6.11. The summed E-state index contributed by atoms with van der Waals surface area (Å²) in [5.74, 6) is -0.954. The van der Waals surface area contributed by atoms with Gasteiger partial charge in [-0.25, -0.2) is 9.97 Å². The maximum absolute atomic E-state index is 13.3. The van der Waals surface area contributed by atoms with E-state index in [1.807, 2.05) is 98.8 Å². The van der Waals surface area contributed by atoms with Gasteiger partial charge in [0.1, 0.15) is 12.7 Å². The molecule has 14 heteroatoms. The van der Waals surface area contributed by atoms with Gasteiger partial charge in [-0.15, -0.1) is 0 Å². The molecule has 6 aromatic carbocycles. The molecule has 12 rings (SSSR count). The largest absolute Gasteiger partial charge is 0.366 e. The number of para-hydroxylation sites is 2. The van der Waals surface area contributed by atoms with Gasteiger partial charge in [0.2, 0.25) is 0 Å². The number of amides is 2. The summed E-state index contributed by atoms with van der Waals surface area (Å²) in [6.07, 6.45) is 7.50. The lowest BCUT2D eigenvalue weighted by Crippen LogP contribution is -2.19. The summed E-state index contributed by atoms with van der Waals surface area (Å²) in [5.41, 5.74) is 26.4. The number of nitrogens with one attached hydrogen (secondary N) is 3. The van der Waals surface area contributed by atoms with Crippen LogP contribution in [0.1, 0.15) is 43.2 Å². The lowest BCUT2D eigenvalue weighted by Gasteiger charge is -2.15. The van der Waals surface area contributed by atoms with Crippen LogP contribution in [0, 0.1) is 13.8 Å². The minimum Gasteiger partial charge on any atom is -0.366 e. The molecule has 2 aliphatic heterocycles. The summed E-state index contributed by atoms with van der Waals surface area (Å²) >= 11 is 0. The van der Waals surface area contributed by atoms with E-state index in [4.69, 9.17) is 11.5 Å². The Hall–Kier alpha value is -8.98. The van der Waals surface area contributed by atoms with Crippen molar-refractivity contribution in [3.63, 3.8) is 0 Å². The van der Waals surface area contributed by atoms with Gasteiger partial charge in [0.15, 0.2) is 0 Å². The van der Waals surface area contributed by atoms with Gasteiger partial charge < -0.3 is 26.8 Å². The zero-order chi connectivity index (χ0) is 49.1. The second-order valence-corrected chi connectivity index (χ2v) is 18.1. The van der Waals surface area contributed by atoms with Crippen molar-refractivity contribution >= 4 is 66.6 Å². The average molecular weight is 937 g/mol. The molecule has 2 amide bonds. The second kappa shape index (κ2) is 17.8. The molecule has 10 aromatic rings. The Morgan fingerprint density at radius 2 is 1.06 bits per heavy atom. The van der Waals surface area contributed by atoms with Crippen molar-refractivity contribution in [3.05, 3.63) is 200 Å². The van der Waals surface area contributed by atoms with E-state index >= 15 is 0 Å². The first-order valence-electron chi connectivity index (χ1n) is 23.3. The van der Waals surface area contributed by atoms with E-state index in [2.05, 4.69) is 61.5 Å². The molecular formula is C57H48N10O4. The van der Waals surface area contributed by atoms with E-state index in [9.17, 15) is 19.2 Å². The van der Waals surface area contributed by atoms with E-state index in [0.29, 0.717) is 38.4 Å². The number of rotatable bonds is 8. The highest BCUT2D eigenvalue weighted by atomic mass is 16.2. The summed E-state index contributed by atoms with van der Waals surface area (Å²) in [5, 5.41) is 6.28. The van der Waals surface area contributed by atoms with E-state index < -0.39 is 11.8 Å². The normalized spacial score (nSPS) is 13.7. The number of H-pyrrole nitrogens is 2. The fourth-order valence-electron chi connectivity index (χ4n) is 10.1. The Kier molecular flexibility index (Phi) is 11.2. The number of hydrogen-bond donors (Lipinski definition) is 5. The molecule has 4 aromatic heterocycles. The van der Waals surface area contributed by atoms with Crippen LogP contribution >= 0.6 is 0 Å². The molecule has 0 atom stereocenters. The number of carbonyl (C=O) groups is 2. The zero-order valence-electron chi connectivity index (χ0n) is 39.2. The van der Waals surface area contributed by atoms with Crippen molar-refractivity contribution in [2.24, 2.45) is 11.5 Å². The summed E-state index contributed by atoms with van der Waals surface area (Å²) < 4.78 is 3.19. The van der Waals surface area contributed by atoms with Crippen molar-refractivity contribution in [1.82, 2.24) is 39.3 Å². The van der Waals surface area contributed by atoms with Crippen molar-refractivity contribution in [1.29, 1.82) is 0 Å². The van der Waals surface area contributed by atoms with Gasteiger partial charge in [0, 0.05) is 48.3 Å². The van der Waals surface area contributed by atoms with Gasteiger partial charge in [-0.1, -0.05) is 72.8 Å². The number of fused-ring (bicyclic) bond motifs is 4. The summed E-state index contributed by atoms with van der Waals surface area (Å²) in [7, 11) is 2.07. The third-order valence-electron chi connectivity index (χ3n) is 13.7. The number of nitrogens with zero attached hydrogens (tertiary/aromatic N) is 5. The maximum atomic E-state index is 13.3. The van der Waals surface area contributed by atoms with E-state index in [0.717, 1.165) is 104 Å². The number of primary amides is 2. The fourth-order valence-corrected chi connectivity index (χ4v) is 10.1. The Labute approximate surface area is 406 Å². The molecule has 2 aliphatic rings. The molecule has 0 bridgehead atoms. The third-order valence-corrected chi connectivity index (χ3v) is 13.7. The molecule has 0 unspecified atom stereocenters. The second-order valence-electron chi connectivity index (χ2n) is 18.1. The van der Waals surface area contributed by atoms with Crippen molar-refractivity contribution in [3.8, 4) is 33.6 Å². The van der Waals surface area contributed by atoms with E-state index in [1.165, 1.54) is 5.57 Å². The Bertz CT molecular complexity index is 4040. The molecule has 0 saturated carbocycles. The van der Waals surface area contributed by atoms with Gasteiger partial charge >= 0.3 is 0 Å². The molecule has 0 fully saturated rings. The number of aromatic amines is 2. The van der Waals surface area contributed by atoms with Crippen LogP contribution in [0.25, 0.3) is 88.4 Å². The van der Waals surface area contributed by atoms with Gasteiger partial charge in [0.05, 0.1) is 55.3 Å². The third kappa shape index (κ3) is 7.81. The minimum atomic E-state index is -0.479. The molecule has 350 valence electrons. The topological polar surface area (TPSA) is 203 Å². The minimum absolute atomic E-state index is 0.115. The van der Waals surface area contributed by atoms with Crippen LogP contribution in [-0.2, 0) is 0 Å². The molecule has 0 spiro atoms. The molecule has 0 radical (unpaired) electrons. The highest BCUT2D eigenvalue weighted by Gasteiger charge is 2.22. The van der Waals surface area contributed by atoms with Crippen LogP contribution in [0.3, 0.4) is 0 Å². The standard InChI is InChI=1S/C29H25N5O2.C28H23N5O2/c1-17-19(7-5-9-26(17)34-16-31-24-8-4-3-6-21(24)29(34)36)20-10-11-22(28(30)35)27-23(20)14-25(32-27)18-12-13-33(2)15-18;1-16-18(6-4-8-25(16)33-15-31-23-7-3-2-5-20(23)28(33)35)19-9-10-21(27(29)34)26-22(19)13-24(32-26)17-11-12-30-14-17/h3-12,14,16,32H,13,15H2,1-2H3,(H2,30,35);2-11,13,15,30,32H,12,14H2,1H3,(H2,29,34). The summed E-state index contributed by atoms with van der Waals surface area (Å²) in [4.78, 5) is 69.0. The zero-order valence-corrected chi connectivity index (χ0v) is 39.2. The van der Waals surface area contributed by atoms with Crippen LogP contribution in [0.4, 0.5) is 0 Å². The monoisotopic (exact) mass is 936 g/mol. The molecular weight excluding hydrogens is 889 g/mol. The Morgan fingerprint density at radius 1 is 0.563 bits per heavy atom. The van der Waals surface area contributed by atoms with E-state index in [1.54, 1.807) is 46.1 Å². The first-order valence-corrected chi connectivity index (χ1v) is 23.3. The van der Waals surface area contributed by atoms with Gasteiger partial charge in [0.25, 0.3) is 22.9 Å². The van der Waals surface area contributed by atoms with Crippen molar-refractivity contribution in [2.45, 2.75) is 13.8 Å². The molecule has 71 heavy (non-hydrogen) atoms. The van der Waals surface area contributed by atoms with Crippen LogP contribution in [0.2, 0.25) is 0 Å². The Morgan fingerprint density at radius 3 is 1.51 bits per heavy atom. The van der Waals surface area contributed by atoms with Crippen LogP contribution in [0.15, 0.2) is 156 Å². The fraction of sp³-hybridized carbons (Fsp3) is 0.123. The maximum Gasteiger partial charge on any atom is 0.265 e. The van der Waals surface area contributed by atoms with Crippen molar-refractivity contribution < 1.29 is 9.59 Å². The number of carbonyl (C=O) groups excluding carboxylic acids is 2. The van der Waals surface area contributed by atoms with Gasteiger partial charge in [-0.05, 0) is 126 Å². The van der Waals surface area contributed by atoms with Crippen LogP contribution < -0.4 is 27.9 Å². The van der Waals surface area contributed by atoms with Gasteiger partial charge in [-0.3, -0.25) is 33.2 Å². The lowest BCUT2D eigenvalue weighted by atomic mass is 9.94. The number of likely N-dealkylation sites (N-methyl/N-ethyl adjacent to an activating group) is 1. The average Bonchev–Trinajstić information content (AvgIpc) is 4.23. The molecule has 0 saturated heterocycles.